The molecule has 0 aromatic rings. The van der Waals surface area contributed by atoms with E-state index in [9.17, 15) is 19.5 Å². The molecule has 0 radical (unpaired) electrons. The smallest absolute Gasteiger partial charge is 0.306 e. The number of hydrogen-bond donors (Lipinski definition) is 0. The molecule has 0 aliphatic heterocycles. The van der Waals surface area contributed by atoms with Crippen LogP contribution in [0.2, 0.25) is 0 Å². The molecule has 2 unspecified atom stereocenters. The van der Waals surface area contributed by atoms with Crippen LogP contribution in [0.1, 0.15) is 258 Å². The minimum atomic E-state index is -1.64. The monoisotopic (exact) mass is 1100 g/mol. The summed E-state index contributed by atoms with van der Waals surface area (Å²) in [5.74, 6) is -2.32. The standard InChI is InChI=1S/C70H119NO8/c1-6-8-10-12-14-16-18-20-22-24-26-28-30-31-32-33-34-35-36-37-39-40-42-44-46-48-50-52-54-56-58-60-67(72)77-64-66(65-78-70(69(74)75)76-63-62-71(3,4)5)79-68(73)61-59-57-55-53-51-49-47-45-43-41-38-29-27-25-23-21-19-17-15-13-11-9-7-2/h9,11,15,17-18,20-21,23-24,26-27,29-31,41,43,47,49,66,70H,6-8,10,12-14,16,19,22,25,28,32-40,42,44-46,48,50-65H2,1-5H3/b11-9-,17-15-,20-18-,23-21-,26-24-,29-27-,31-30-,43-41-,49-47-. The summed E-state index contributed by atoms with van der Waals surface area (Å²) in [5, 5.41) is 11.8. The highest BCUT2D eigenvalue weighted by Crippen LogP contribution is 2.16. The fourth-order valence-electron chi connectivity index (χ4n) is 8.61. The summed E-state index contributed by atoms with van der Waals surface area (Å²) < 4.78 is 22.7. The number of carbonyl (C=O) groups excluding carboxylic acids is 3. The Labute approximate surface area is 485 Å². The maximum absolute atomic E-state index is 12.9. The van der Waals surface area contributed by atoms with E-state index in [-0.39, 0.29) is 38.6 Å². The number of esters is 2. The molecular formula is C70H119NO8. The topological polar surface area (TPSA) is 111 Å². The number of unbranched alkanes of at least 4 members (excludes halogenated alkanes) is 25. The fraction of sp³-hybridized carbons (Fsp3) is 0.700. The van der Waals surface area contributed by atoms with Crippen molar-refractivity contribution in [1.29, 1.82) is 0 Å². The van der Waals surface area contributed by atoms with Gasteiger partial charge in [-0.2, -0.15) is 0 Å². The fourth-order valence-corrected chi connectivity index (χ4v) is 8.61. The van der Waals surface area contributed by atoms with Gasteiger partial charge in [-0.1, -0.05) is 252 Å². The van der Waals surface area contributed by atoms with E-state index in [4.69, 9.17) is 18.9 Å². The molecule has 0 saturated carbocycles. The number of allylic oxidation sites excluding steroid dienone is 18. The second-order valence-electron chi connectivity index (χ2n) is 22.3. The number of carbonyl (C=O) groups is 3. The molecule has 2 atom stereocenters. The Bertz CT molecular complexity index is 1660. The number of hydrogen-bond acceptors (Lipinski definition) is 8. The maximum Gasteiger partial charge on any atom is 0.306 e. The van der Waals surface area contributed by atoms with Gasteiger partial charge in [0.05, 0.1) is 40.3 Å². The van der Waals surface area contributed by atoms with Gasteiger partial charge in [0.2, 0.25) is 0 Å². The van der Waals surface area contributed by atoms with Gasteiger partial charge in [-0.3, -0.25) is 9.59 Å². The Morgan fingerprint density at radius 3 is 1.08 bits per heavy atom. The summed E-state index contributed by atoms with van der Waals surface area (Å²) in [4.78, 5) is 37.4. The van der Waals surface area contributed by atoms with E-state index in [2.05, 4.69) is 123 Å². The molecule has 0 fully saturated rings. The lowest BCUT2D eigenvalue weighted by Crippen LogP contribution is -2.44. The number of quaternary nitrogens is 1. The zero-order chi connectivity index (χ0) is 57.6. The van der Waals surface area contributed by atoms with E-state index >= 15 is 0 Å². The molecule has 0 heterocycles. The van der Waals surface area contributed by atoms with Gasteiger partial charge in [0.25, 0.3) is 0 Å². The van der Waals surface area contributed by atoms with Crippen molar-refractivity contribution in [2.24, 2.45) is 0 Å². The first-order chi connectivity index (χ1) is 38.6. The average molecular weight is 1100 g/mol. The maximum atomic E-state index is 12.9. The first-order valence-corrected chi connectivity index (χ1v) is 32.0. The Morgan fingerprint density at radius 1 is 0.392 bits per heavy atom. The molecule has 0 spiro atoms. The number of likely N-dealkylation sites (N-methyl/N-ethyl adjacent to an activating group) is 1. The normalized spacial score (nSPS) is 13.5. The average Bonchev–Trinajstić information content (AvgIpc) is 3.42. The molecule has 0 aliphatic carbocycles. The van der Waals surface area contributed by atoms with Crippen LogP contribution in [0, 0.1) is 0 Å². The Morgan fingerprint density at radius 2 is 0.722 bits per heavy atom. The molecule has 0 bridgehead atoms. The molecule has 79 heavy (non-hydrogen) atoms. The van der Waals surface area contributed by atoms with Crippen LogP contribution in [0.25, 0.3) is 0 Å². The molecule has 0 amide bonds. The molecule has 452 valence electrons. The van der Waals surface area contributed by atoms with Crippen molar-refractivity contribution in [2.75, 3.05) is 47.5 Å². The lowest BCUT2D eigenvalue weighted by molar-refractivity contribution is -0.870. The number of ether oxygens (including phenoxy) is 4. The van der Waals surface area contributed by atoms with Crippen LogP contribution in [-0.4, -0.2) is 82.3 Å². The van der Waals surface area contributed by atoms with Crippen molar-refractivity contribution >= 4 is 17.9 Å². The summed E-state index contributed by atoms with van der Waals surface area (Å²) in [6.07, 6.45) is 80.1. The first-order valence-electron chi connectivity index (χ1n) is 32.0. The Kier molecular flexibility index (Phi) is 57.0. The third-order valence-electron chi connectivity index (χ3n) is 13.5. The number of nitrogens with zero attached hydrogens (tertiary/aromatic N) is 1. The summed E-state index contributed by atoms with van der Waals surface area (Å²) in [7, 11) is 5.91. The van der Waals surface area contributed by atoms with Crippen LogP contribution in [0.3, 0.4) is 0 Å². The van der Waals surface area contributed by atoms with Gasteiger partial charge >= 0.3 is 11.9 Å². The predicted octanol–water partition coefficient (Wildman–Crippen LogP) is 18.1. The van der Waals surface area contributed by atoms with Crippen molar-refractivity contribution in [3.8, 4) is 0 Å². The number of carboxylic acid groups (broad SMARTS) is 1. The largest absolute Gasteiger partial charge is 0.545 e. The van der Waals surface area contributed by atoms with Gasteiger partial charge in [-0.15, -0.1) is 0 Å². The summed E-state index contributed by atoms with van der Waals surface area (Å²) in [6.45, 7) is 4.60. The quantitative estimate of drug-likeness (QED) is 0.0195. The number of carboxylic acids is 1. The third kappa shape index (κ3) is 61.4. The highest BCUT2D eigenvalue weighted by atomic mass is 16.7. The Hall–Kier alpha value is -4.05. The molecule has 0 rings (SSSR count). The van der Waals surface area contributed by atoms with E-state index in [1.807, 2.05) is 21.1 Å². The van der Waals surface area contributed by atoms with Crippen molar-refractivity contribution in [2.45, 2.75) is 270 Å². The van der Waals surface area contributed by atoms with E-state index < -0.39 is 24.3 Å². The van der Waals surface area contributed by atoms with E-state index in [0.717, 1.165) is 96.3 Å². The van der Waals surface area contributed by atoms with Crippen molar-refractivity contribution < 1.29 is 42.9 Å². The zero-order valence-corrected chi connectivity index (χ0v) is 51.5. The van der Waals surface area contributed by atoms with E-state index in [0.29, 0.717) is 17.4 Å². The highest BCUT2D eigenvalue weighted by molar-refractivity contribution is 5.70. The van der Waals surface area contributed by atoms with Crippen LogP contribution in [-0.2, 0) is 33.3 Å². The van der Waals surface area contributed by atoms with Gasteiger partial charge in [-0.25, -0.2) is 0 Å². The molecule has 9 heteroatoms. The van der Waals surface area contributed by atoms with Crippen LogP contribution in [0.4, 0.5) is 0 Å². The van der Waals surface area contributed by atoms with Gasteiger partial charge < -0.3 is 33.3 Å². The molecule has 0 saturated heterocycles. The Balaban J connectivity index is 4.21. The molecule has 0 aromatic heterocycles. The second kappa shape index (κ2) is 60.1. The van der Waals surface area contributed by atoms with E-state index in [1.165, 1.54) is 128 Å². The lowest BCUT2D eigenvalue weighted by Gasteiger charge is -2.26. The number of rotatable bonds is 58. The van der Waals surface area contributed by atoms with Crippen LogP contribution in [0.15, 0.2) is 109 Å². The summed E-state index contributed by atoms with van der Waals surface area (Å²) in [5.41, 5.74) is 0. The van der Waals surface area contributed by atoms with Gasteiger partial charge in [0.15, 0.2) is 12.4 Å². The molecule has 0 aliphatic rings. The lowest BCUT2D eigenvalue weighted by atomic mass is 10.0. The van der Waals surface area contributed by atoms with Gasteiger partial charge in [-0.05, 0) is 103 Å². The summed E-state index contributed by atoms with van der Waals surface area (Å²) in [6, 6.07) is 0. The van der Waals surface area contributed by atoms with Crippen LogP contribution < -0.4 is 5.11 Å². The first kappa shape index (κ1) is 75.0. The van der Waals surface area contributed by atoms with Gasteiger partial charge in [0, 0.05) is 12.8 Å². The minimum Gasteiger partial charge on any atom is -0.545 e. The minimum absolute atomic E-state index is 0.137. The third-order valence-corrected chi connectivity index (χ3v) is 13.5. The van der Waals surface area contributed by atoms with Gasteiger partial charge in [0.1, 0.15) is 13.2 Å². The number of aliphatic carboxylic acids is 1. The molecule has 0 aromatic carbocycles. The summed E-state index contributed by atoms with van der Waals surface area (Å²) >= 11 is 0. The van der Waals surface area contributed by atoms with Crippen LogP contribution in [0.5, 0.6) is 0 Å². The highest BCUT2D eigenvalue weighted by Gasteiger charge is 2.22. The molecular weight excluding hydrogens is 983 g/mol. The van der Waals surface area contributed by atoms with E-state index in [1.54, 1.807) is 0 Å². The van der Waals surface area contributed by atoms with Crippen molar-refractivity contribution in [1.82, 2.24) is 0 Å². The van der Waals surface area contributed by atoms with Crippen molar-refractivity contribution in [3.05, 3.63) is 109 Å². The predicted molar refractivity (Wildman–Crippen MR) is 333 cm³/mol. The van der Waals surface area contributed by atoms with Crippen molar-refractivity contribution in [3.63, 3.8) is 0 Å². The SMILES string of the molecule is CC/C=C\C/C=C\C/C=C\C/C=C\C/C=C\C/C=C\CCCCCCC(=O)OC(COC(=O)CCCCCCCCCCCCCCCCCC/C=C\C/C=C\C/C=C\CCCCCCC)COC(OCC[N+](C)(C)C)C(=O)[O-]. The zero-order valence-electron chi connectivity index (χ0n) is 51.5. The van der Waals surface area contributed by atoms with Crippen LogP contribution >= 0.6 is 0 Å². The molecule has 9 nitrogen and oxygen atoms in total. The molecule has 0 N–H and O–H groups in total. The second-order valence-corrected chi connectivity index (χ2v) is 22.3.